The van der Waals surface area contributed by atoms with E-state index in [1.807, 2.05) is 25.1 Å². The number of rotatable bonds is 19. The van der Waals surface area contributed by atoms with Crippen molar-refractivity contribution >= 4 is 54.4 Å². The molecule has 1 aliphatic heterocycles. The van der Waals surface area contributed by atoms with Crippen molar-refractivity contribution in [3.05, 3.63) is 142 Å². The molecule has 0 atom stereocenters. The molecule has 10 nitrogen and oxygen atoms in total. The Morgan fingerprint density at radius 1 is 0.627 bits per heavy atom. The minimum absolute atomic E-state index is 0.180. The third-order valence-electron chi connectivity index (χ3n) is 11.6. The lowest BCUT2D eigenvalue weighted by atomic mass is 9.82. The summed E-state index contributed by atoms with van der Waals surface area (Å²) in [5.41, 5.74) is 7.23. The van der Waals surface area contributed by atoms with Gasteiger partial charge in [-0.2, -0.15) is 0 Å². The number of carbonyl (C=O) groups is 3. The summed E-state index contributed by atoms with van der Waals surface area (Å²) < 4.78 is 16.5. The molecule has 1 aliphatic rings. The Bertz CT molecular complexity index is 2190. The number of hydrogen-bond donors (Lipinski definition) is 0. The van der Waals surface area contributed by atoms with Gasteiger partial charge in [-0.05, 0) is 132 Å². The third kappa shape index (κ3) is 8.51. The molecule has 308 valence electrons. The molecule has 0 radical (unpaired) electrons. The van der Waals surface area contributed by atoms with Crippen LogP contribution in [0, 0.1) is 5.92 Å². The molecule has 5 aromatic carbocycles. The molecule has 1 heterocycles. The van der Waals surface area contributed by atoms with Gasteiger partial charge in [-0.1, -0.05) is 12.1 Å². The first-order valence-electron chi connectivity index (χ1n) is 20.7. The second-order valence-electron chi connectivity index (χ2n) is 14.5. The van der Waals surface area contributed by atoms with Gasteiger partial charge >= 0.3 is 8.80 Å². The zero-order valence-corrected chi connectivity index (χ0v) is 36.7. The van der Waals surface area contributed by atoms with Crippen molar-refractivity contribution in [2.75, 3.05) is 75.3 Å². The molecule has 0 bridgehead atoms. The molecule has 0 aromatic heterocycles. The van der Waals surface area contributed by atoms with E-state index in [0.717, 1.165) is 65.2 Å². The summed E-state index contributed by atoms with van der Waals surface area (Å²) >= 11 is 0. The van der Waals surface area contributed by atoms with E-state index >= 15 is 0 Å². The number of fused-ring (bicyclic) bond motifs is 2. The zero-order valence-electron chi connectivity index (χ0n) is 35.7. The standard InChI is InChI=1S/C48H57N4O6Si/c1-9-49(10-2)37-24-19-34(20-25-37)45(35-21-26-38(27-22-35)50(11-3)12-4)41-29-30-44(40-18-15-14-17-39(40)41)51(13-5)46(53)36-23-28-42-43(33-36)48(55)52(47(42)54)31-16-32-59(56-6,57-7)58-8/h14-15,17-30,33H,9-13,16,31-32H2,1-8H3/q+1. The maximum atomic E-state index is 14.5. The molecule has 0 saturated carbocycles. The van der Waals surface area contributed by atoms with Crippen LogP contribution in [0.3, 0.4) is 0 Å². The van der Waals surface area contributed by atoms with Crippen LogP contribution in [0.2, 0.25) is 6.04 Å². The number of benzene rings is 5. The largest absolute Gasteiger partial charge is 0.500 e. The maximum absolute atomic E-state index is 14.5. The second-order valence-corrected chi connectivity index (χ2v) is 17.6. The summed E-state index contributed by atoms with van der Waals surface area (Å²) in [4.78, 5) is 49.1. The highest BCUT2D eigenvalue weighted by Gasteiger charge is 2.40. The molecule has 11 heteroatoms. The number of carbonyl (C=O) groups excluding carboxylic acids is 3. The van der Waals surface area contributed by atoms with Crippen LogP contribution < -0.4 is 14.7 Å². The molecule has 6 rings (SSSR count). The lowest BCUT2D eigenvalue weighted by molar-refractivity contribution is 0.0647. The lowest BCUT2D eigenvalue weighted by Crippen LogP contribution is -2.43. The van der Waals surface area contributed by atoms with Crippen molar-refractivity contribution in [3.8, 4) is 0 Å². The van der Waals surface area contributed by atoms with Gasteiger partial charge < -0.3 is 28.0 Å². The van der Waals surface area contributed by atoms with Gasteiger partial charge in [-0.25, -0.2) is 0 Å². The Morgan fingerprint density at radius 2 is 1.15 bits per heavy atom. The quantitative estimate of drug-likeness (QED) is 0.0353. The summed E-state index contributed by atoms with van der Waals surface area (Å²) in [6.07, 6.45) is 0.452. The number of hydrogen-bond acceptors (Lipinski definition) is 8. The van der Waals surface area contributed by atoms with Crippen molar-refractivity contribution in [2.24, 2.45) is 0 Å². The first-order chi connectivity index (χ1) is 28.6. The van der Waals surface area contributed by atoms with Gasteiger partial charge in [-0.3, -0.25) is 19.3 Å². The van der Waals surface area contributed by atoms with Crippen LogP contribution >= 0.6 is 0 Å². The molecule has 0 unspecified atom stereocenters. The molecule has 0 fully saturated rings. The zero-order chi connectivity index (χ0) is 42.3. The second kappa shape index (κ2) is 19.1. The van der Waals surface area contributed by atoms with E-state index in [9.17, 15) is 14.4 Å². The Balaban J connectivity index is 1.35. The van der Waals surface area contributed by atoms with E-state index in [1.54, 1.807) is 23.1 Å². The van der Waals surface area contributed by atoms with Gasteiger partial charge in [-0.15, -0.1) is 0 Å². The monoisotopic (exact) mass is 813 g/mol. The van der Waals surface area contributed by atoms with E-state index in [0.29, 0.717) is 24.6 Å². The highest BCUT2D eigenvalue weighted by atomic mass is 28.4. The van der Waals surface area contributed by atoms with Crippen LogP contribution in [-0.4, -0.2) is 92.0 Å². The fourth-order valence-electron chi connectivity index (χ4n) is 8.29. The number of nitrogens with zero attached hydrogens (tertiary/aromatic N) is 4. The highest BCUT2D eigenvalue weighted by Crippen LogP contribution is 2.40. The Kier molecular flexibility index (Phi) is 13.9. The minimum atomic E-state index is -2.87. The molecular formula is C48H57N4O6Si+. The molecule has 0 aliphatic carbocycles. The first-order valence-corrected chi connectivity index (χ1v) is 22.6. The first kappa shape index (κ1) is 43.1. The summed E-state index contributed by atoms with van der Waals surface area (Å²) in [6.45, 7) is 14.9. The fourth-order valence-corrected chi connectivity index (χ4v) is 9.99. The molecule has 0 spiro atoms. The van der Waals surface area contributed by atoms with E-state index in [-0.39, 0.29) is 29.5 Å². The van der Waals surface area contributed by atoms with Gasteiger partial charge in [0.25, 0.3) is 17.7 Å². The number of anilines is 3. The summed E-state index contributed by atoms with van der Waals surface area (Å²) in [7, 11) is 1.73. The van der Waals surface area contributed by atoms with Gasteiger partial charge in [0.2, 0.25) is 0 Å². The van der Waals surface area contributed by atoms with Crippen molar-refractivity contribution in [2.45, 2.75) is 47.1 Å². The molecular weight excluding hydrogens is 757 g/mol. The Labute approximate surface area is 350 Å². The predicted molar refractivity (Wildman–Crippen MR) is 240 cm³/mol. The number of imide groups is 1. The minimum Gasteiger partial charge on any atom is -0.377 e. The molecule has 59 heavy (non-hydrogen) atoms. The summed E-state index contributed by atoms with van der Waals surface area (Å²) in [5.74, 6) is 0.0433. The molecule has 5 aromatic rings. The lowest BCUT2D eigenvalue weighted by Gasteiger charge is -2.25. The van der Waals surface area contributed by atoms with E-state index in [1.165, 1.54) is 37.6 Å². The van der Waals surface area contributed by atoms with Crippen molar-refractivity contribution in [1.29, 1.82) is 0 Å². The molecule has 0 N–H and O–H groups in total. The smallest absolute Gasteiger partial charge is 0.377 e. The SMILES string of the molecule is CCN(CC)c1ccc([C+](c2ccc(N(CC)CC)cc2)c2ccc(N(CC)C(=O)c3ccc4c(c3)C(=O)N(CCC[Si](OC)(OC)OC)C4=O)c3ccccc23)cc1. The van der Waals surface area contributed by atoms with Gasteiger partial charge in [0.05, 0.1) is 39.4 Å². The average molecular weight is 814 g/mol. The van der Waals surface area contributed by atoms with Crippen LogP contribution in [0.15, 0.2) is 103 Å². The van der Waals surface area contributed by atoms with Crippen molar-refractivity contribution in [3.63, 3.8) is 0 Å². The van der Waals surface area contributed by atoms with Crippen LogP contribution in [0.4, 0.5) is 17.1 Å². The van der Waals surface area contributed by atoms with Crippen LogP contribution in [-0.2, 0) is 13.3 Å². The third-order valence-corrected chi connectivity index (χ3v) is 14.4. The van der Waals surface area contributed by atoms with Gasteiger partial charge in [0.15, 0.2) is 0 Å². The maximum Gasteiger partial charge on any atom is 0.500 e. The number of amides is 3. The van der Waals surface area contributed by atoms with Gasteiger partial charge in [0, 0.05) is 94.4 Å². The van der Waals surface area contributed by atoms with Gasteiger partial charge in [0.1, 0.15) is 0 Å². The van der Waals surface area contributed by atoms with Crippen molar-refractivity contribution in [1.82, 2.24) is 4.90 Å². The van der Waals surface area contributed by atoms with Crippen molar-refractivity contribution < 1.29 is 27.7 Å². The molecule has 3 amide bonds. The molecule has 0 saturated heterocycles. The predicted octanol–water partition coefficient (Wildman–Crippen LogP) is 9.08. The fraction of sp³-hybridized carbons (Fsp3) is 0.333. The Morgan fingerprint density at radius 3 is 1.66 bits per heavy atom. The van der Waals surface area contributed by atoms with Crippen LogP contribution in [0.1, 0.15) is 88.8 Å². The topological polar surface area (TPSA) is 91.9 Å². The van der Waals surface area contributed by atoms with E-state index in [4.69, 9.17) is 13.3 Å². The van der Waals surface area contributed by atoms with E-state index in [2.05, 4.69) is 104 Å². The summed E-state index contributed by atoms with van der Waals surface area (Å²) in [5, 5.41) is 1.94. The highest BCUT2D eigenvalue weighted by molar-refractivity contribution is 6.60. The van der Waals surface area contributed by atoms with E-state index < -0.39 is 14.7 Å². The summed E-state index contributed by atoms with van der Waals surface area (Å²) in [6, 6.07) is 35.2. The Hall–Kier alpha value is -5.46. The normalized spacial score (nSPS) is 12.6. The van der Waals surface area contributed by atoms with Crippen LogP contribution in [0.25, 0.3) is 10.8 Å². The average Bonchev–Trinajstić information content (AvgIpc) is 3.52. The van der Waals surface area contributed by atoms with Crippen LogP contribution in [0.5, 0.6) is 0 Å².